The Morgan fingerprint density at radius 2 is 2.11 bits per heavy atom. The fraction of sp³-hybridized carbons (Fsp3) is 0.600. The molecule has 1 N–H and O–H groups in total. The molecule has 0 radical (unpaired) electrons. The lowest BCUT2D eigenvalue weighted by Gasteiger charge is -2.09. The summed E-state index contributed by atoms with van der Waals surface area (Å²) in [5.41, 5.74) is -2.17. The summed E-state index contributed by atoms with van der Waals surface area (Å²) in [5, 5.41) is 19.9. The third kappa shape index (κ3) is 2.83. The Morgan fingerprint density at radius 1 is 1.50 bits per heavy atom. The first-order valence-electron chi connectivity index (χ1n) is 5.55. The van der Waals surface area contributed by atoms with Gasteiger partial charge in [-0.2, -0.15) is 0 Å². The summed E-state index contributed by atoms with van der Waals surface area (Å²) in [6, 6.07) is 0. The topological polar surface area (TPSA) is 107 Å². The van der Waals surface area contributed by atoms with E-state index in [0.29, 0.717) is 0 Å². The van der Waals surface area contributed by atoms with Gasteiger partial charge < -0.3 is 5.11 Å². The highest BCUT2D eigenvalue weighted by atomic mass is 16.6. The number of aromatic nitrogens is 2. The van der Waals surface area contributed by atoms with E-state index in [2.05, 4.69) is 0 Å². The highest BCUT2D eigenvalue weighted by Gasteiger charge is 2.19. The van der Waals surface area contributed by atoms with Crippen LogP contribution >= 0.6 is 0 Å². The van der Waals surface area contributed by atoms with Crippen LogP contribution in [0.4, 0.5) is 5.69 Å². The largest absolute Gasteiger partial charge is 0.393 e. The van der Waals surface area contributed by atoms with E-state index in [1.165, 1.54) is 6.92 Å². The molecule has 0 amide bonds. The van der Waals surface area contributed by atoms with Crippen molar-refractivity contribution < 1.29 is 10.0 Å². The number of aryl methyl sites for hydroxylation is 1. The minimum absolute atomic E-state index is 0.0446. The quantitative estimate of drug-likeness (QED) is 0.576. The van der Waals surface area contributed by atoms with E-state index in [4.69, 9.17) is 5.11 Å². The maximum Gasteiger partial charge on any atom is 0.350 e. The van der Waals surface area contributed by atoms with Gasteiger partial charge in [0, 0.05) is 13.1 Å². The van der Waals surface area contributed by atoms with E-state index in [9.17, 15) is 19.7 Å². The molecule has 1 aromatic heterocycles. The van der Waals surface area contributed by atoms with Crippen molar-refractivity contribution in [1.29, 1.82) is 0 Å². The normalized spacial score (nSPS) is 12.4. The van der Waals surface area contributed by atoms with Gasteiger partial charge in [0.25, 0.3) is 0 Å². The molecule has 0 aliphatic heterocycles. The second kappa shape index (κ2) is 5.58. The Balaban J connectivity index is 3.38. The minimum Gasteiger partial charge on any atom is -0.393 e. The molecule has 18 heavy (non-hydrogen) atoms. The third-order valence-corrected chi connectivity index (χ3v) is 2.53. The molecular formula is C10H15N3O5. The van der Waals surface area contributed by atoms with Crippen LogP contribution in [0.15, 0.2) is 15.8 Å². The lowest BCUT2D eigenvalue weighted by Crippen LogP contribution is -2.40. The molecule has 0 bridgehead atoms. The van der Waals surface area contributed by atoms with Gasteiger partial charge in [-0.3, -0.25) is 24.0 Å². The predicted molar refractivity (Wildman–Crippen MR) is 63.6 cm³/mol. The molecule has 0 aliphatic rings. The SMILES string of the molecule is CCn1cc([N+](=O)[O-])c(=O)n(CCC(C)O)c1=O. The number of hydrogen-bond donors (Lipinski definition) is 1. The van der Waals surface area contributed by atoms with Crippen LogP contribution < -0.4 is 11.2 Å². The van der Waals surface area contributed by atoms with Crippen LogP contribution in [0.3, 0.4) is 0 Å². The van der Waals surface area contributed by atoms with Crippen LogP contribution in [0.25, 0.3) is 0 Å². The predicted octanol–water partition coefficient (Wildman–Crippen LogP) is -0.291. The van der Waals surface area contributed by atoms with Gasteiger partial charge in [0.15, 0.2) is 0 Å². The van der Waals surface area contributed by atoms with Crippen LogP contribution in [-0.4, -0.2) is 25.3 Å². The zero-order valence-electron chi connectivity index (χ0n) is 10.2. The second-order valence-corrected chi connectivity index (χ2v) is 3.93. The van der Waals surface area contributed by atoms with Crippen LogP contribution in [0.5, 0.6) is 0 Å². The summed E-state index contributed by atoms with van der Waals surface area (Å²) in [6.45, 7) is 3.35. The standard InChI is InChI=1S/C10H15N3O5/c1-3-11-6-8(13(17)18)9(15)12(10(11)16)5-4-7(2)14/h6-7,14H,3-5H2,1-2H3. The van der Waals surface area contributed by atoms with E-state index in [1.807, 2.05) is 0 Å². The average Bonchev–Trinajstić information content (AvgIpc) is 2.28. The molecule has 1 heterocycles. The molecule has 1 atom stereocenters. The van der Waals surface area contributed by atoms with Crippen molar-refractivity contribution in [3.63, 3.8) is 0 Å². The maximum absolute atomic E-state index is 11.8. The summed E-state index contributed by atoms with van der Waals surface area (Å²) < 4.78 is 1.88. The van der Waals surface area contributed by atoms with E-state index < -0.39 is 28.0 Å². The van der Waals surface area contributed by atoms with Gasteiger partial charge in [-0.15, -0.1) is 0 Å². The maximum atomic E-state index is 11.8. The van der Waals surface area contributed by atoms with Gasteiger partial charge in [0.2, 0.25) is 0 Å². The number of rotatable bonds is 5. The van der Waals surface area contributed by atoms with Crippen molar-refractivity contribution in [3.8, 4) is 0 Å². The Hall–Kier alpha value is -1.96. The molecule has 0 aliphatic carbocycles. The summed E-state index contributed by atoms with van der Waals surface area (Å²) in [5.74, 6) is 0. The van der Waals surface area contributed by atoms with Gasteiger partial charge in [-0.05, 0) is 20.3 Å². The monoisotopic (exact) mass is 257 g/mol. The van der Waals surface area contributed by atoms with Crippen molar-refractivity contribution in [3.05, 3.63) is 37.1 Å². The molecule has 1 rings (SSSR count). The molecule has 0 saturated heterocycles. The number of hydrogen-bond acceptors (Lipinski definition) is 5. The molecule has 1 unspecified atom stereocenters. The first-order valence-corrected chi connectivity index (χ1v) is 5.55. The van der Waals surface area contributed by atoms with Crippen molar-refractivity contribution in [1.82, 2.24) is 9.13 Å². The fourth-order valence-electron chi connectivity index (χ4n) is 1.50. The molecule has 8 nitrogen and oxygen atoms in total. The fourth-order valence-corrected chi connectivity index (χ4v) is 1.50. The van der Waals surface area contributed by atoms with Crippen molar-refractivity contribution >= 4 is 5.69 Å². The van der Waals surface area contributed by atoms with Crippen molar-refractivity contribution in [2.75, 3.05) is 0 Å². The highest BCUT2D eigenvalue weighted by Crippen LogP contribution is 2.01. The number of aliphatic hydroxyl groups excluding tert-OH is 1. The minimum atomic E-state index is -0.935. The van der Waals surface area contributed by atoms with Gasteiger partial charge >= 0.3 is 16.9 Å². The van der Waals surface area contributed by atoms with E-state index in [1.54, 1.807) is 6.92 Å². The molecule has 8 heteroatoms. The lowest BCUT2D eigenvalue weighted by molar-refractivity contribution is -0.387. The lowest BCUT2D eigenvalue weighted by atomic mass is 10.3. The Morgan fingerprint density at radius 3 is 2.56 bits per heavy atom. The van der Waals surface area contributed by atoms with Crippen LogP contribution in [0.1, 0.15) is 20.3 Å². The molecule has 100 valence electrons. The van der Waals surface area contributed by atoms with Crippen LogP contribution in [0.2, 0.25) is 0 Å². The summed E-state index contributed by atoms with van der Waals surface area (Å²) >= 11 is 0. The molecule has 1 aromatic rings. The van der Waals surface area contributed by atoms with Gasteiger partial charge in [-0.25, -0.2) is 4.79 Å². The molecule has 0 aromatic carbocycles. The first-order chi connectivity index (χ1) is 8.38. The summed E-state index contributed by atoms with van der Waals surface area (Å²) in [6.07, 6.45) is 0.439. The first kappa shape index (κ1) is 14.1. The summed E-state index contributed by atoms with van der Waals surface area (Å²) in [7, 11) is 0. The van der Waals surface area contributed by atoms with E-state index in [0.717, 1.165) is 15.3 Å². The number of nitrogens with zero attached hydrogens (tertiary/aromatic N) is 3. The zero-order chi connectivity index (χ0) is 13.9. The highest BCUT2D eigenvalue weighted by molar-refractivity contribution is 5.21. The van der Waals surface area contributed by atoms with Gasteiger partial charge in [-0.1, -0.05) is 0 Å². The zero-order valence-corrected chi connectivity index (χ0v) is 10.2. The molecule has 0 spiro atoms. The van der Waals surface area contributed by atoms with E-state index in [-0.39, 0.29) is 19.5 Å². The van der Waals surface area contributed by atoms with E-state index >= 15 is 0 Å². The average molecular weight is 257 g/mol. The van der Waals surface area contributed by atoms with Crippen molar-refractivity contribution in [2.45, 2.75) is 39.5 Å². The smallest absolute Gasteiger partial charge is 0.350 e. The Bertz CT molecular complexity index is 558. The van der Waals surface area contributed by atoms with Crippen molar-refractivity contribution in [2.24, 2.45) is 0 Å². The Labute approximate surface area is 102 Å². The third-order valence-electron chi connectivity index (χ3n) is 2.53. The van der Waals surface area contributed by atoms with Gasteiger partial charge in [0.1, 0.15) is 0 Å². The van der Waals surface area contributed by atoms with Crippen LogP contribution in [-0.2, 0) is 13.1 Å². The summed E-state index contributed by atoms with van der Waals surface area (Å²) in [4.78, 5) is 33.5. The molecule has 0 fully saturated rings. The van der Waals surface area contributed by atoms with Gasteiger partial charge in [0.05, 0.1) is 17.2 Å². The number of nitro groups is 1. The molecular weight excluding hydrogens is 242 g/mol. The number of aliphatic hydroxyl groups is 1. The van der Waals surface area contributed by atoms with Crippen LogP contribution in [0, 0.1) is 10.1 Å². The molecule has 0 saturated carbocycles. The second-order valence-electron chi connectivity index (χ2n) is 3.93. The Kier molecular flexibility index (Phi) is 4.38.